The molecule has 0 saturated heterocycles. The van der Waals surface area contributed by atoms with Crippen LogP contribution in [0, 0.1) is 0 Å². The van der Waals surface area contributed by atoms with E-state index >= 15 is 0 Å². The predicted molar refractivity (Wildman–Crippen MR) is 104 cm³/mol. The Hall–Kier alpha value is -2.06. The summed E-state index contributed by atoms with van der Waals surface area (Å²) in [6, 6.07) is 13.6. The van der Waals surface area contributed by atoms with Gasteiger partial charge in [-0.1, -0.05) is 69.6 Å². The van der Waals surface area contributed by atoms with Crippen LogP contribution in [0.3, 0.4) is 0 Å². The SMILES string of the molecule is CC(C)c1cccc(C(C)C)c1NC(=O)/C=C/c1cccc(Cl)c1. The average molecular weight is 342 g/mol. The molecule has 0 bridgehead atoms. The van der Waals surface area contributed by atoms with Crippen molar-refractivity contribution in [2.75, 3.05) is 5.32 Å². The minimum absolute atomic E-state index is 0.134. The highest BCUT2D eigenvalue weighted by molar-refractivity contribution is 6.30. The zero-order chi connectivity index (χ0) is 17.7. The first-order chi connectivity index (χ1) is 11.4. The maximum atomic E-state index is 12.4. The summed E-state index contributed by atoms with van der Waals surface area (Å²) < 4.78 is 0. The van der Waals surface area contributed by atoms with Gasteiger partial charge in [0.25, 0.3) is 0 Å². The molecule has 2 aromatic carbocycles. The lowest BCUT2D eigenvalue weighted by molar-refractivity contribution is -0.111. The number of hydrogen-bond donors (Lipinski definition) is 1. The molecule has 3 heteroatoms. The number of nitrogens with one attached hydrogen (secondary N) is 1. The number of benzene rings is 2. The van der Waals surface area contributed by atoms with E-state index < -0.39 is 0 Å². The summed E-state index contributed by atoms with van der Waals surface area (Å²) in [5, 5.41) is 3.73. The zero-order valence-corrected chi connectivity index (χ0v) is 15.4. The number of rotatable bonds is 5. The molecular formula is C21H24ClNO. The Morgan fingerprint density at radius 2 is 1.58 bits per heavy atom. The normalized spacial score (nSPS) is 11.5. The molecule has 0 aliphatic heterocycles. The van der Waals surface area contributed by atoms with Crippen molar-refractivity contribution in [3.8, 4) is 0 Å². The third kappa shape index (κ3) is 4.72. The molecule has 2 nitrogen and oxygen atoms in total. The minimum Gasteiger partial charge on any atom is -0.322 e. The second-order valence-corrected chi connectivity index (χ2v) is 6.93. The predicted octanol–water partition coefficient (Wildman–Crippen LogP) is 6.24. The third-order valence-electron chi connectivity index (χ3n) is 3.90. The van der Waals surface area contributed by atoms with Crippen LogP contribution < -0.4 is 5.32 Å². The fourth-order valence-electron chi connectivity index (χ4n) is 2.64. The van der Waals surface area contributed by atoms with Crippen LogP contribution in [0.5, 0.6) is 0 Å². The molecule has 0 aliphatic carbocycles. The number of hydrogen-bond acceptors (Lipinski definition) is 1. The summed E-state index contributed by atoms with van der Waals surface area (Å²) in [7, 11) is 0. The van der Waals surface area contributed by atoms with Gasteiger partial charge >= 0.3 is 0 Å². The molecular weight excluding hydrogens is 318 g/mol. The molecule has 1 amide bonds. The van der Waals surface area contributed by atoms with Gasteiger partial charge in [0.2, 0.25) is 5.91 Å². The Bertz CT molecular complexity index is 721. The lowest BCUT2D eigenvalue weighted by Crippen LogP contribution is -2.13. The fraction of sp³-hybridized carbons (Fsp3) is 0.286. The first-order valence-corrected chi connectivity index (χ1v) is 8.63. The summed E-state index contributed by atoms with van der Waals surface area (Å²) in [6.07, 6.45) is 3.32. The summed E-state index contributed by atoms with van der Waals surface area (Å²) >= 11 is 5.97. The van der Waals surface area contributed by atoms with Crippen LogP contribution in [-0.4, -0.2) is 5.91 Å². The topological polar surface area (TPSA) is 29.1 Å². The molecule has 2 aromatic rings. The average Bonchev–Trinajstić information content (AvgIpc) is 2.52. The molecule has 2 rings (SSSR count). The highest BCUT2D eigenvalue weighted by atomic mass is 35.5. The van der Waals surface area contributed by atoms with Gasteiger partial charge in [-0.05, 0) is 46.7 Å². The lowest BCUT2D eigenvalue weighted by atomic mass is 9.92. The van der Waals surface area contributed by atoms with Crippen LogP contribution in [-0.2, 0) is 4.79 Å². The molecule has 0 atom stereocenters. The van der Waals surface area contributed by atoms with Gasteiger partial charge in [-0.2, -0.15) is 0 Å². The standard InChI is InChI=1S/C21H24ClNO/c1-14(2)18-9-6-10-19(15(3)4)21(18)23-20(24)12-11-16-7-5-8-17(22)13-16/h5-15H,1-4H3,(H,23,24)/b12-11+. The van der Waals surface area contributed by atoms with Crippen molar-refractivity contribution in [1.82, 2.24) is 0 Å². The molecule has 0 heterocycles. The summed E-state index contributed by atoms with van der Waals surface area (Å²) in [5.41, 5.74) is 4.15. The molecule has 0 radical (unpaired) electrons. The van der Waals surface area contributed by atoms with Gasteiger partial charge in [0.15, 0.2) is 0 Å². The first-order valence-electron chi connectivity index (χ1n) is 8.26. The maximum absolute atomic E-state index is 12.4. The number of halogens is 1. The Balaban J connectivity index is 2.25. The van der Waals surface area contributed by atoms with E-state index in [4.69, 9.17) is 11.6 Å². The van der Waals surface area contributed by atoms with E-state index in [1.54, 1.807) is 12.2 Å². The number of carbonyl (C=O) groups is 1. The van der Waals surface area contributed by atoms with Crippen LogP contribution >= 0.6 is 11.6 Å². The number of carbonyl (C=O) groups excluding carboxylic acids is 1. The first kappa shape index (κ1) is 18.3. The maximum Gasteiger partial charge on any atom is 0.248 e. The largest absolute Gasteiger partial charge is 0.322 e. The van der Waals surface area contributed by atoms with Crippen molar-refractivity contribution in [1.29, 1.82) is 0 Å². The zero-order valence-electron chi connectivity index (χ0n) is 14.6. The van der Waals surface area contributed by atoms with Crippen molar-refractivity contribution < 1.29 is 4.79 Å². The fourth-order valence-corrected chi connectivity index (χ4v) is 2.84. The molecule has 24 heavy (non-hydrogen) atoms. The Labute approximate surface area is 149 Å². The van der Waals surface area contributed by atoms with E-state index in [1.807, 2.05) is 24.3 Å². The van der Waals surface area contributed by atoms with Crippen LogP contribution in [0.25, 0.3) is 6.08 Å². The summed E-state index contributed by atoms with van der Waals surface area (Å²) in [6.45, 7) is 8.54. The minimum atomic E-state index is -0.134. The van der Waals surface area contributed by atoms with E-state index in [9.17, 15) is 4.79 Å². The van der Waals surface area contributed by atoms with Gasteiger partial charge in [-0.15, -0.1) is 0 Å². The van der Waals surface area contributed by atoms with Gasteiger partial charge in [0, 0.05) is 16.8 Å². The van der Waals surface area contributed by atoms with Crippen LogP contribution in [0.2, 0.25) is 5.02 Å². The van der Waals surface area contributed by atoms with Crippen molar-refractivity contribution in [3.63, 3.8) is 0 Å². The molecule has 126 valence electrons. The molecule has 0 fully saturated rings. The quantitative estimate of drug-likeness (QED) is 0.641. The van der Waals surface area contributed by atoms with Crippen molar-refractivity contribution >= 4 is 29.3 Å². The van der Waals surface area contributed by atoms with E-state index in [0.717, 1.165) is 22.4 Å². The monoisotopic (exact) mass is 341 g/mol. The van der Waals surface area contributed by atoms with Gasteiger partial charge in [-0.25, -0.2) is 0 Å². The van der Waals surface area contributed by atoms with Gasteiger partial charge in [0.1, 0.15) is 0 Å². The molecule has 0 aliphatic rings. The Morgan fingerprint density at radius 1 is 1.00 bits per heavy atom. The highest BCUT2D eigenvalue weighted by Crippen LogP contribution is 2.32. The van der Waals surface area contributed by atoms with Crippen molar-refractivity contribution in [2.45, 2.75) is 39.5 Å². The van der Waals surface area contributed by atoms with E-state index in [2.05, 4.69) is 51.2 Å². The van der Waals surface area contributed by atoms with E-state index in [-0.39, 0.29) is 5.91 Å². The summed E-state index contributed by atoms with van der Waals surface area (Å²) in [4.78, 5) is 12.4. The lowest BCUT2D eigenvalue weighted by Gasteiger charge is -2.19. The molecule has 0 saturated carbocycles. The van der Waals surface area contributed by atoms with Crippen molar-refractivity contribution in [3.05, 3.63) is 70.3 Å². The molecule has 1 N–H and O–H groups in total. The number of amides is 1. The molecule has 0 aromatic heterocycles. The highest BCUT2D eigenvalue weighted by Gasteiger charge is 2.14. The number of anilines is 1. The van der Waals surface area contributed by atoms with E-state index in [1.165, 1.54) is 0 Å². The number of para-hydroxylation sites is 1. The third-order valence-corrected chi connectivity index (χ3v) is 4.13. The molecule has 0 unspecified atom stereocenters. The Kier molecular flexibility index (Phi) is 6.22. The smallest absolute Gasteiger partial charge is 0.248 e. The van der Waals surface area contributed by atoms with Gasteiger partial charge in [0.05, 0.1) is 0 Å². The van der Waals surface area contributed by atoms with Crippen LogP contribution in [0.1, 0.15) is 56.2 Å². The molecule has 0 spiro atoms. The second kappa shape index (κ2) is 8.16. The Morgan fingerprint density at radius 3 is 2.12 bits per heavy atom. The van der Waals surface area contributed by atoms with Crippen LogP contribution in [0.4, 0.5) is 5.69 Å². The summed E-state index contributed by atoms with van der Waals surface area (Å²) in [5.74, 6) is 0.553. The van der Waals surface area contributed by atoms with Gasteiger partial charge < -0.3 is 5.32 Å². The van der Waals surface area contributed by atoms with Crippen molar-refractivity contribution in [2.24, 2.45) is 0 Å². The second-order valence-electron chi connectivity index (χ2n) is 6.50. The van der Waals surface area contributed by atoms with Crippen LogP contribution in [0.15, 0.2) is 48.5 Å². The van der Waals surface area contributed by atoms with E-state index in [0.29, 0.717) is 16.9 Å². The van der Waals surface area contributed by atoms with Gasteiger partial charge in [-0.3, -0.25) is 4.79 Å².